The van der Waals surface area contributed by atoms with Crippen molar-refractivity contribution in [3.8, 4) is 6.01 Å². The van der Waals surface area contributed by atoms with Crippen LogP contribution < -0.4 is 9.84 Å². The summed E-state index contributed by atoms with van der Waals surface area (Å²) in [5.41, 5.74) is 1.11. The Morgan fingerprint density at radius 3 is 1.79 bits per heavy atom. The van der Waals surface area contributed by atoms with E-state index in [1.165, 1.54) is 7.11 Å². The third kappa shape index (κ3) is 3.73. The number of aliphatic carboxylic acids is 1. The molecule has 3 aromatic rings. The quantitative estimate of drug-likeness (QED) is 0.627. The average Bonchev–Trinajstić information content (AvgIpc) is 2.69. The highest BCUT2D eigenvalue weighted by Crippen LogP contribution is 2.38. The van der Waals surface area contributed by atoms with Gasteiger partial charge in [0.25, 0.3) is 0 Å². The van der Waals surface area contributed by atoms with Gasteiger partial charge in [-0.2, -0.15) is 0 Å². The van der Waals surface area contributed by atoms with E-state index in [1.807, 2.05) is 36.4 Å². The first-order chi connectivity index (χ1) is 13.5. The SMILES string of the molecule is COC(c1ccccc1)(c1ccccc1)[C@@H](Oc1nc(C)cc(C)n1)C(=O)[O-]. The zero-order valence-corrected chi connectivity index (χ0v) is 16.0. The zero-order valence-electron chi connectivity index (χ0n) is 16.0. The van der Waals surface area contributed by atoms with Crippen LogP contribution in [0.4, 0.5) is 0 Å². The van der Waals surface area contributed by atoms with Crippen molar-refractivity contribution in [2.24, 2.45) is 0 Å². The van der Waals surface area contributed by atoms with Gasteiger partial charge in [0, 0.05) is 18.5 Å². The minimum absolute atomic E-state index is 0.0417. The van der Waals surface area contributed by atoms with Crippen LogP contribution in [-0.4, -0.2) is 29.2 Å². The molecule has 3 rings (SSSR count). The molecule has 1 heterocycles. The van der Waals surface area contributed by atoms with E-state index >= 15 is 0 Å². The number of carboxylic acid groups (broad SMARTS) is 1. The summed E-state index contributed by atoms with van der Waals surface area (Å²) in [6.45, 7) is 3.57. The van der Waals surface area contributed by atoms with Gasteiger partial charge in [-0.1, -0.05) is 60.7 Å². The van der Waals surface area contributed by atoms with Gasteiger partial charge < -0.3 is 19.4 Å². The molecule has 0 saturated carbocycles. The number of carboxylic acids is 1. The normalized spacial score (nSPS) is 12.4. The Kier molecular flexibility index (Phi) is 5.70. The van der Waals surface area contributed by atoms with Crippen molar-refractivity contribution in [1.82, 2.24) is 9.97 Å². The third-order valence-corrected chi connectivity index (χ3v) is 4.50. The van der Waals surface area contributed by atoms with E-state index in [0.717, 1.165) is 0 Å². The van der Waals surface area contributed by atoms with E-state index in [4.69, 9.17) is 9.47 Å². The molecule has 0 bridgehead atoms. The molecular formula is C22H21N2O4-. The fourth-order valence-electron chi connectivity index (χ4n) is 3.33. The molecule has 144 valence electrons. The molecule has 0 fully saturated rings. The maximum absolute atomic E-state index is 12.3. The van der Waals surface area contributed by atoms with Crippen LogP contribution in [0, 0.1) is 13.8 Å². The second kappa shape index (κ2) is 8.19. The summed E-state index contributed by atoms with van der Waals surface area (Å²) in [5, 5.41) is 12.3. The summed E-state index contributed by atoms with van der Waals surface area (Å²) in [6, 6.07) is 19.8. The van der Waals surface area contributed by atoms with Crippen molar-refractivity contribution < 1.29 is 19.4 Å². The highest BCUT2D eigenvalue weighted by Gasteiger charge is 2.46. The minimum Gasteiger partial charge on any atom is -0.546 e. The summed E-state index contributed by atoms with van der Waals surface area (Å²) in [5.74, 6) is -1.43. The first-order valence-corrected chi connectivity index (χ1v) is 8.83. The number of aryl methyl sites for hydroxylation is 2. The largest absolute Gasteiger partial charge is 0.546 e. The number of hydrogen-bond acceptors (Lipinski definition) is 6. The first-order valence-electron chi connectivity index (χ1n) is 8.83. The molecule has 1 aromatic heterocycles. The lowest BCUT2D eigenvalue weighted by Gasteiger charge is -2.40. The van der Waals surface area contributed by atoms with E-state index in [0.29, 0.717) is 22.5 Å². The van der Waals surface area contributed by atoms with Crippen molar-refractivity contribution in [3.05, 3.63) is 89.2 Å². The van der Waals surface area contributed by atoms with Gasteiger partial charge in [-0.25, -0.2) is 9.97 Å². The second-order valence-electron chi connectivity index (χ2n) is 6.42. The van der Waals surface area contributed by atoms with Gasteiger partial charge in [0.15, 0.2) is 11.7 Å². The second-order valence-corrected chi connectivity index (χ2v) is 6.42. The molecule has 0 unspecified atom stereocenters. The summed E-state index contributed by atoms with van der Waals surface area (Å²) >= 11 is 0. The highest BCUT2D eigenvalue weighted by atomic mass is 16.6. The molecule has 0 saturated heterocycles. The van der Waals surface area contributed by atoms with E-state index in [1.54, 1.807) is 44.2 Å². The van der Waals surface area contributed by atoms with Crippen molar-refractivity contribution in [2.75, 3.05) is 7.11 Å². The van der Waals surface area contributed by atoms with Crippen LogP contribution in [0.1, 0.15) is 22.5 Å². The van der Waals surface area contributed by atoms with Crippen LogP contribution in [0.2, 0.25) is 0 Å². The Morgan fingerprint density at radius 2 is 1.39 bits per heavy atom. The Balaban J connectivity index is 2.19. The van der Waals surface area contributed by atoms with Crippen LogP contribution >= 0.6 is 0 Å². The van der Waals surface area contributed by atoms with Crippen LogP contribution in [0.5, 0.6) is 6.01 Å². The summed E-state index contributed by atoms with van der Waals surface area (Å²) in [4.78, 5) is 20.7. The van der Waals surface area contributed by atoms with Gasteiger partial charge in [-0.3, -0.25) is 0 Å². The third-order valence-electron chi connectivity index (χ3n) is 4.50. The van der Waals surface area contributed by atoms with Gasteiger partial charge in [-0.05, 0) is 31.0 Å². The zero-order chi connectivity index (χ0) is 20.1. The molecule has 2 aromatic carbocycles. The van der Waals surface area contributed by atoms with Crippen molar-refractivity contribution in [1.29, 1.82) is 0 Å². The number of carbonyl (C=O) groups is 1. The summed E-state index contributed by atoms with van der Waals surface area (Å²) < 4.78 is 11.7. The monoisotopic (exact) mass is 377 g/mol. The lowest BCUT2D eigenvalue weighted by Crippen LogP contribution is -2.55. The predicted molar refractivity (Wildman–Crippen MR) is 102 cm³/mol. The Hall–Kier alpha value is -3.25. The summed E-state index contributed by atoms with van der Waals surface area (Å²) in [7, 11) is 1.45. The number of hydrogen-bond donors (Lipinski definition) is 0. The first kappa shape index (κ1) is 19.5. The van der Waals surface area contributed by atoms with Gasteiger partial charge in [0.2, 0.25) is 0 Å². The molecule has 28 heavy (non-hydrogen) atoms. The Morgan fingerprint density at radius 1 is 0.929 bits per heavy atom. The maximum Gasteiger partial charge on any atom is 0.317 e. The lowest BCUT2D eigenvalue weighted by molar-refractivity contribution is -0.320. The van der Waals surface area contributed by atoms with E-state index in [2.05, 4.69) is 9.97 Å². The molecule has 0 aliphatic carbocycles. The maximum atomic E-state index is 12.3. The summed E-state index contributed by atoms with van der Waals surface area (Å²) in [6.07, 6.45) is -1.52. The fraction of sp³-hybridized carbons (Fsp3) is 0.227. The predicted octanol–water partition coefficient (Wildman–Crippen LogP) is 2.18. The van der Waals surface area contributed by atoms with Gasteiger partial charge >= 0.3 is 6.01 Å². The number of rotatable bonds is 7. The van der Waals surface area contributed by atoms with Gasteiger partial charge in [-0.15, -0.1) is 0 Å². The van der Waals surface area contributed by atoms with Crippen molar-refractivity contribution in [2.45, 2.75) is 25.6 Å². The minimum atomic E-state index is -1.52. The molecule has 0 spiro atoms. The van der Waals surface area contributed by atoms with E-state index < -0.39 is 17.7 Å². The molecule has 0 amide bonds. The number of benzene rings is 2. The van der Waals surface area contributed by atoms with E-state index in [-0.39, 0.29) is 6.01 Å². The number of ether oxygens (including phenoxy) is 2. The van der Waals surface area contributed by atoms with Crippen LogP contribution in [0.3, 0.4) is 0 Å². The topological polar surface area (TPSA) is 84.4 Å². The lowest BCUT2D eigenvalue weighted by atomic mass is 9.81. The molecule has 0 radical (unpaired) electrons. The molecule has 6 nitrogen and oxygen atoms in total. The van der Waals surface area contributed by atoms with Crippen molar-refractivity contribution in [3.63, 3.8) is 0 Å². The van der Waals surface area contributed by atoms with Gasteiger partial charge in [0.05, 0.1) is 5.97 Å². The molecule has 1 atom stereocenters. The molecule has 0 N–H and O–H groups in total. The fourth-order valence-corrected chi connectivity index (χ4v) is 3.33. The molecular weight excluding hydrogens is 356 g/mol. The van der Waals surface area contributed by atoms with Crippen LogP contribution in [0.15, 0.2) is 66.7 Å². The smallest absolute Gasteiger partial charge is 0.317 e. The number of methoxy groups -OCH3 is 1. The van der Waals surface area contributed by atoms with Crippen LogP contribution in [0.25, 0.3) is 0 Å². The standard InChI is InChI=1S/C22H22N2O4/c1-15-14-16(2)24-21(23-15)28-19(20(25)26)22(27-3,17-10-6-4-7-11-17)18-12-8-5-9-13-18/h4-14,19H,1-3H3,(H,25,26)/p-1/t19-/m0/s1. The highest BCUT2D eigenvalue weighted by molar-refractivity contribution is 5.74. The number of nitrogens with zero attached hydrogens (tertiary/aromatic N) is 2. The average molecular weight is 377 g/mol. The van der Waals surface area contributed by atoms with Crippen LogP contribution in [-0.2, 0) is 15.1 Å². The molecule has 0 aliphatic rings. The van der Waals surface area contributed by atoms with E-state index in [9.17, 15) is 9.90 Å². The number of aromatic nitrogens is 2. The van der Waals surface area contributed by atoms with Gasteiger partial charge in [0.1, 0.15) is 0 Å². The molecule has 0 aliphatic heterocycles. The number of carbonyl (C=O) groups excluding carboxylic acids is 1. The van der Waals surface area contributed by atoms with Crippen molar-refractivity contribution >= 4 is 5.97 Å². The molecule has 6 heteroatoms. The Labute approximate surface area is 163 Å². The Bertz CT molecular complexity index is 886.